The number of hydrogen-bond donors (Lipinski definition) is 4. The molecule has 10 heavy (non-hydrogen) atoms. The minimum atomic E-state index is -1.47. The van der Waals surface area contributed by atoms with Gasteiger partial charge in [-0.25, -0.2) is 0 Å². The number of aliphatic hydroxyl groups is 3. The second kappa shape index (κ2) is 2.79. The Kier molecular flexibility index (Phi) is 2.19. The second-order valence-corrected chi connectivity index (χ2v) is 2.03. The van der Waals surface area contributed by atoms with Crippen LogP contribution < -0.4 is 0 Å². The molecule has 3 atom stereocenters. The molecule has 0 aliphatic carbocycles. The van der Waals surface area contributed by atoms with Crippen molar-refractivity contribution in [2.75, 3.05) is 6.61 Å². The molecule has 4 N–H and O–H groups in total. The summed E-state index contributed by atoms with van der Waals surface area (Å²) in [5, 5.41) is 34.8. The Hall–Kier alpha value is -0.240. The second-order valence-electron chi connectivity index (χ2n) is 2.03. The zero-order valence-corrected chi connectivity index (χ0v) is 5.08. The van der Waals surface area contributed by atoms with Crippen LogP contribution in [0, 0.1) is 0 Å². The van der Waals surface area contributed by atoms with Crippen LogP contribution in [0.25, 0.3) is 0 Å². The summed E-state index contributed by atoms with van der Waals surface area (Å²) in [7, 11) is 0. The molecule has 0 aromatic carbocycles. The molecule has 0 aromatic rings. The zero-order chi connectivity index (χ0) is 7.72. The van der Waals surface area contributed by atoms with Gasteiger partial charge in [0.15, 0.2) is 6.23 Å². The van der Waals surface area contributed by atoms with Crippen LogP contribution in [-0.4, -0.2) is 50.8 Å². The largest absolute Gasteiger partial charge is 0.393 e. The van der Waals surface area contributed by atoms with E-state index in [9.17, 15) is 0 Å². The van der Waals surface area contributed by atoms with Crippen LogP contribution in [0.4, 0.5) is 0 Å². The van der Waals surface area contributed by atoms with Crippen molar-refractivity contribution >= 4 is 0 Å². The standard InChI is InChI=1S/C4H9NO5/c6-1-2-3(7)4(8)5(9)10-2/h2-4,6-9H,1H2/t2-,3-,4-/m1/s1. The maximum absolute atomic E-state index is 8.89. The van der Waals surface area contributed by atoms with Gasteiger partial charge in [-0.05, 0) is 5.23 Å². The number of nitrogens with zero attached hydrogens (tertiary/aromatic N) is 1. The van der Waals surface area contributed by atoms with Gasteiger partial charge in [0.05, 0.1) is 6.61 Å². The Balaban J connectivity index is 2.53. The molecule has 1 fully saturated rings. The monoisotopic (exact) mass is 151 g/mol. The van der Waals surface area contributed by atoms with E-state index >= 15 is 0 Å². The molecule has 60 valence electrons. The minimum absolute atomic E-state index is 0.117. The fourth-order valence-electron chi connectivity index (χ4n) is 0.727. The van der Waals surface area contributed by atoms with E-state index in [2.05, 4.69) is 4.84 Å². The summed E-state index contributed by atoms with van der Waals surface area (Å²) in [6.07, 6.45) is -3.69. The van der Waals surface area contributed by atoms with Gasteiger partial charge < -0.3 is 15.3 Å². The maximum atomic E-state index is 8.89. The lowest BCUT2D eigenvalue weighted by Crippen LogP contribution is -2.34. The van der Waals surface area contributed by atoms with Crippen molar-refractivity contribution in [1.82, 2.24) is 5.23 Å². The third-order valence-electron chi connectivity index (χ3n) is 1.34. The molecule has 6 heteroatoms. The summed E-state index contributed by atoms with van der Waals surface area (Å²) in [4.78, 5) is 4.37. The van der Waals surface area contributed by atoms with Gasteiger partial charge in [0, 0.05) is 0 Å². The van der Waals surface area contributed by atoms with E-state index < -0.39 is 25.0 Å². The molecule has 0 amide bonds. The van der Waals surface area contributed by atoms with Crippen LogP contribution in [0.2, 0.25) is 0 Å². The highest BCUT2D eigenvalue weighted by molar-refractivity contribution is 4.76. The van der Waals surface area contributed by atoms with Crippen molar-refractivity contribution in [2.45, 2.75) is 18.4 Å². The van der Waals surface area contributed by atoms with Crippen LogP contribution >= 0.6 is 0 Å². The van der Waals surface area contributed by atoms with Gasteiger partial charge in [-0.1, -0.05) is 0 Å². The van der Waals surface area contributed by atoms with Gasteiger partial charge in [-0.15, -0.1) is 0 Å². The van der Waals surface area contributed by atoms with Crippen molar-refractivity contribution in [1.29, 1.82) is 0 Å². The molecule has 6 nitrogen and oxygen atoms in total. The highest BCUT2D eigenvalue weighted by Gasteiger charge is 2.40. The van der Waals surface area contributed by atoms with E-state index in [1.807, 2.05) is 0 Å². The lowest BCUT2D eigenvalue weighted by molar-refractivity contribution is -0.370. The van der Waals surface area contributed by atoms with Crippen molar-refractivity contribution in [3.63, 3.8) is 0 Å². The molecule has 0 saturated carbocycles. The first-order valence-electron chi connectivity index (χ1n) is 2.78. The average Bonchev–Trinajstić information content (AvgIpc) is 2.17. The predicted molar refractivity (Wildman–Crippen MR) is 27.6 cm³/mol. The number of aliphatic hydroxyl groups excluding tert-OH is 3. The molecule has 1 heterocycles. The van der Waals surface area contributed by atoms with E-state index in [0.29, 0.717) is 0 Å². The minimum Gasteiger partial charge on any atom is -0.393 e. The van der Waals surface area contributed by atoms with Crippen LogP contribution in [0.15, 0.2) is 0 Å². The molecule has 1 aliphatic rings. The van der Waals surface area contributed by atoms with E-state index in [1.54, 1.807) is 0 Å². The van der Waals surface area contributed by atoms with Gasteiger partial charge in [-0.2, -0.15) is 0 Å². The van der Waals surface area contributed by atoms with Gasteiger partial charge in [-0.3, -0.25) is 10.0 Å². The van der Waals surface area contributed by atoms with E-state index in [0.717, 1.165) is 0 Å². The zero-order valence-electron chi connectivity index (χ0n) is 5.08. The molecule has 0 aromatic heterocycles. The molecule has 1 aliphatic heterocycles. The molecule has 0 bridgehead atoms. The van der Waals surface area contributed by atoms with Gasteiger partial charge in [0.25, 0.3) is 0 Å². The average molecular weight is 151 g/mol. The Bertz CT molecular complexity index is 120. The molecule has 0 unspecified atom stereocenters. The van der Waals surface area contributed by atoms with E-state index in [4.69, 9.17) is 20.5 Å². The fraction of sp³-hybridized carbons (Fsp3) is 1.00. The molecular weight excluding hydrogens is 142 g/mol. The van der Waals surface area contributed by atoms with E-state index in [-0.39, 0.29) is 5.23 Å². The Labute approximate surface area is 56.8 Å². The normalized spacial score (nSPS) is 42.6. The first-order chi connectivity index (χ1) is 4.66. The first-order valence-corrected chi connectivity index (χ1v) is 2.78. The maximum Gasteiger partial charge on any atom is 0.185 e. The first kappa shape index (κ1) is 7.86. The SMILES string of the molecule is OC[C@H]1ON(O)[C@H](O)[C@@H]1O. The lowest BCUT2D eigenvalue weighted by Gasteiger charge is -2.08. The molecular formula is C4H9NO5. The Morgan fingerprint density at radius 1 is 1.40 bits per heavy atom. The van der Waals surface area contributed by atoms with Crippen LogP contribution in [0.1, 0.15) is 0 Å². The van der Waals surface area contributed by atoms with E-state index in [1.165, 1.54) is 0 Å². The molecule has 0 radical (unpaired) electrons. The van der Waals surface area contributed by atoms with Crippen LogP contribution in [0.5, 0.6) is 0 Å². The summed E-state index contributed by atoms with van der Waals surface area (Å²) < 4.78 is 0. The topological polar surface area (TPSA) is 93.4 Å². The summed E-state index contributed by atoms with van der Waals surface area (Å²) in [5.74, 6) is 0. The summed E-state index contributed by atoms with van der Waals surface area (Å²) in [6, 6.07) is 0. The van der Waals surface area contributed by atoms with Crippen LogP contribution in [-0.2, 0) is 4.84 Å². The summed E-state index contributed by atoms with van der Waals surface area (Å²) in [6.45, 7) is -0.449. The smallest absolute Gasteiger partial charge is 0.185 e. The van der Waals surface area contributed by atoms with Crippen molar-refractivity contribution in [3.8, 4) is 0 Å². The summed E-state index contributed by atoms with van der Waals surface area (Å²) >= 11 is 0. The van der Waals surface area contributed by atoms with Crippen LogP contribution in [0.3, 0.4) is 0 Å². The number of hydrogen-bond acceptors (Lipinski definition) is 6. The quantitative estimate of drug-likeness (QED) is 0.335. The van der Waals surface area contributed by atoms with Gasteiger partial charge >= 0.3 is 0 Å². The third-order valence-corrected chi connectivity index (χ3v) is 1.34. The highest BCUT2D eigenvalue weighted by atomic mass is 16.9. The van der Waals surface area contributed by atoms with Gasteiger partial charge in [0.1, 0.15) is 12.2 Å². The predicted octanol–water partition coefficient (Wildman–Crippen LogP) is -2.34. The summed E-state index contributed by atoms with van der Waals surface area (Å²) in [5.41, 5.74) is 0. The van der Waals surface area contributed by atoms with Gasteiger partial charge in [0.2, 0.25) is 0 Å². The Morgan fingerprint density at radius 2 is 2.00 bits per heavy atom. The van der Waals surface area contributed by atoms with Crippen molar-refractivity contribution in [2.24, 2.45) is 0 Å². The highest BCUT2D eigenvalue weighted by Crippen LogP contribution is 2.16. The third kappa shape index (κ3) is 1.12. The van der Waals surface area contributed by atoms with Crippen molar-refractivity contribution < 1.29 is 25.4 Å². The molecule has 1 rings (SSSR count). The molecule has 1 saturated heterocycles. The fourth-order valence-corrected chi connectivity index (χ4v) is 0.727. The number of rotatable bonds is 1. The number of hydroxylamine groups is 2. The lowest BCUT2D eigenvalue weighted by atomic mass is 10.2. The Morgan fingerprint density at radius 3 is 2.20 bits per heavy atom. The van der Waals surface area contributed by atoms with Crippen molar-refractivity contribution in [3.05, 3.63) is 0 Å². The molecule has 0 spiro atoms.